The largest absolute Gasteiger partial charge is 0.289 e. The second-order valence-corrected chi connectivity index (χ2v) is 5.73. The molecule has 0 amide bonds. The number of carbonyl (C=O) groups is 1. The van der Waals surface area contributed by atoms with Gasteiger partial charge in [0.05, 0.1) is 0 Å². The van der Waals surface area contributed by atoms with Crippen molar-refractivity contribution in [2.45, 2.75) is 20.3 Å². The standard InChI is InChI=1S/C22H20O/c1-3-20-16(2)8-7-11-21(20)17-12-14-19(15-13-17)22(23)18-9-5-4-6-10-18/h4-15H,3H2,1-2H3. The van der Waals surface area contributed by atoms with E-state index in [1.807, 2.05) is 54.6 Å². The second-order valence-electron chi connectivity index (χ2n) is 5.73. The number of hydrogen-bond donors (Lipinski definition) is 0. The number of rotatable bonds is 4. The summed E-state index contributed by atoms with van der Waals surface area (Å²) < 4.78 is 0. The molecule has 0 unspecified atom stereocenters. The molecule has 0 saturated heterocycles. The topological polar surface area (TPSA) is 17.1 Å². The lowest BCUT2D eigenvalue weighted by atomic mass is 9.93. The monoisotopic (exact) mass is 300 g/mol. The molecule has 0 aliphatic rings. The van der Waals surface area contributed by atoms with Gasteiger partial charge in [-0.25, -0.2) is 0 Å². The van der Waals surface area contributed by atoms with Crippen LogP contribution in [0, 0.1) is 6.92 Å². The van der Waals surface area contributed by atoms with Crippen molar-refractivity contribution in [2.75, 3.05) is 0 Å². The van der Waals surface area contributed by atoms with E-state index in [2.05, 4.69) is 32.0 Å². The van der Waals surface area contributed by atoms with Crippen LogP contribution in [0.25, 0.3) is 11.1 Å². The van der Waals surface area contributed by atoms with Gasteiger partial charge in [0.1, 0.15) is 0 Å². The third-order valence-corrected chi connectivity index (χ3v) is 4.26. The molecule has 0 heterocycles. The lowest BCUT2D eigenvalue weighted by Gasteiger charge is -2.11. The Bertz CT molecular complexity index is 814. The van der Waals surface area contributed by atoms with E-state index in [0.717, 1.165) is 23.1 Å². The smallest absolute Gasteiger partial charge is 0.193 e. The van der Waals surface area contributed by atoms with E-state index in [9.17, 15) is 4.79 Å². The van der Waals surface area contributed by atoms with Crippen molar-refractivity contribution in [1.82, 2.24) is 0 Å². The van der Waals surface area contributed by atoms with Gasteiger partial charge in [-0.05, 0) is 35.6 Å². The van der Waals surface area contributed by atoms with E-state index < -0.39 is 0 Å². The van der Waals surface area contributed by atoms with Crippen molar-refractivity contribution in [1.29, 1.82) is 0 Å². The minimum Gasteiger partial charge on any atom is -0.289 e. The molecule has 0 spiro atoms. The number of hydrogen-bond acceptors (Lipinski definition) is 1. The van der Waals surface area contributed by atoms with Crippen molar-refractivity contribution >= 4 is 5.78 Å². The van der Waals surface area contributed by atoms with Crippen LogP contribution in [-0.4, -0.2) is 5.78 Å². The quantitative estimate of drug-likeness (QED) is 0.585. The maximum Gasteiger partial charge on any atom is 0.193 e. The van der Waals surface area contributed by atoms with Gasteiger partial charge in [-0.1, -0.05) is 79.7 Å². The Morgan fingerprint density at radius 2 is 1.43 bits per heavy atom. The van der Waals surface area contributed by atoms with E-state index in [0.29, 0.717) is 0 Å². The average molecular weight is 300 g/mol. The Kier molecular flexibility index (Phi) is 4.38. The predicted molar refractivity (Wildman–Crippen MR) is 95.9 cm³/mol. The number of aryl methyl sites for hydroxylation is 1. The van der Waals surface area contributed by atoms with E-state index in [4.69, 9.17) is 0 Å². The van der Waals surface area contributed by atoms with E-state index in [1.165, 1.54) is 16.7 Å². The first kappa shape index (κ1) is 15.2. The zero-order chi connectivity index (χ0) is 16.2. The minimum absolute atomic E-state index is 0.0668. The fourth-order valence-electron chi connectivity index (χ4n) is 3.00. The van der Waals surface area contributed by atoms with Gasteiger partial charge in [-0.2, -0.15) is 0 Å². The summed E-state index contributed by atoms with van der Waals surface area (Å²) in [4.78, 5) is 12.5. The van der Waals surface area contributed by atoms with Crippen LogP contribution >= 0.6 is 0 Å². The van der Waals surface area contributed by atoms with Crippen molar-refractivity contribution in [3.8, 4) is 11.1 Å². The molecule has 0 aliphatic carbocycles. The highest BCUT2D eigenvalue weighted by atomic mass is 16.1. The molecule has 0 radical (unpaired) electrons. The highest BCUT2D eigenvalue weighted by molar-refractivity contribution is 6.09. The third-order valence-electron chi connectivity index (χ3n) is 4.26. The fraction of sp³-hybridized carbons (Fsp3) is 0.136. The maximum atomic E-state index is 12.5. The molecule has 1 heteroatoms. The molecule has 0 fully saturated rings. The molecule has 0 saturated carbocycles. The SMILES string of the molecule is CCc1c(C)cccc1-c1ccc(C(=O)c2ccccc2)cc1. The zero-order valence-electron chi connectivity index (χ0n) is 13.5. The molecule has 3 aromatic carbocycles. The molecule has 1 nitrogen and oxygen atoms in total. The van der Waals surface area contributed by atoms with Crippen molar-refractivity contribution in [2.24, 2.45) is 0 Å². The Morgan fingerprint density at radius 3 is 2.09 bits per heavy atom. The summed E-state index contributed by atoms with van der Waals surface area (Å²) in [6, 6.07) is 23.7. The number of carbonyl (C=O) groups excluding carboxylic acids is 1. The molecular formula is C22H20O. The van der Waals surface area contributed by atoms with Crippen LogP contribution in [-0.2, 0) is 6.42 Å². The lowest BCUT2D eigenvalue weighted by molar-refractivity contribution is 0.103. The van der Waals surface area contributed by atoms with Gasteiger partial charge in [0.25, 0.3) is 0 Å². The summed E-state index contributed by atoms with van der Waals surface area (Å²) in [5, 5.41) is 0. The van der Waals surface area contributed by atoms with Crippen molar-refractivity contribution < 1.29 is 4.79 Å². The van der Waals surface area contributed by atoms with Crippen molar-refractivity contribution in [3.63, 3.8) is 0 Å². The molecule has 0 atom stereocenters. The Balaban J connectivity index is 1.94. The van der Waals surface area contributed by atoms with Crippen LogP contribution in [0.1, 0.15) is 34.0 Å². The molecule has 3 rings (SSSR count). The van der Waals surface area contributed by atoms with Crippen LogP contribution in [0.3, 0.4) is 0 Å². The number of ketones is 1. The van der Waals surface area contributed by atoms with Crippen LogP contribution < -0.4 is 0 Å². The molecule has 23 heavy (non-hydrogen) atoms. The van der Waals surface area contributed by atoms with Gasteiger partial charge in [0.2, 0.25) is 0 Å². The van der Waals surface area contributed by atoms with Crippen LogP contribution in [0.2, 0.25) is 0 Å². The summed E-state index contributed by atoms with van der Waals surface area (Å²) >= 11 is 0. The van der Waals surface area contributed by atoms with Crippen molar-refractivity contribution in [3.05, 3.63) is 95.1 Å². The molecule has 0 aromatic heterocycles. The van der Waals surface area contributed by atoms with E-state index >= 15 is 0 Å². The van der Waals surface area contributed by atoms with Crippen LogP contribution in [0.4, 0.5) is 0 Å². The van der Waals surface area contributed by atoms with Gasteiger partial charge >= 0.3 is 0 Å². The predicted octanol–water partition coefficient (Wildman–Crippen LogP) is 5.46. The van der Waals surface area contributed by atoms with Gasteiger partial charge in [-0.3, -0.25) is 4.79 Å². The first-order valence-corrected chi connectivity index (χ1v) is 7.99. The summed E-state index contributed by atoms with van der Waals surface area (Å²) in [5.74, 6) is 0.0668. The summed E-state index contributed by atoms with van der Waals surface area (Å²) in [5.41, 5.74) is 6.56. The number of benzene rings is 3. The normalized spacial score (nSPS) is 10.5. The van der Waals surface area contributed by atoms with E-state index in [-0.39, 0.29) is 5.78 Å². The van der Waals surface area contributed by atoms with Crippen LogP contribution in [0.5, 0.6) is 0 Å². The Morgan fingerprint density at radius 1 is 0.783 bits per heavy atom. The fourth-order valence-corrected chi connectivity index (χ4v) is 3.00. The average Bonchev–Trinajstić information content (AvgIpc) is 2.62. The zero-order valence-corrected chi connectivity index (χ0v) is 13.5. The molecule has 0 bridgehead atoms. The molecule has 3 aromatic rings. The van der Waals surface area contributed by atoms with E-state index in [1.54, 1.807) is 0 Å². The summed E-state index contributed by atoms with van der Waals surface area (Å²) in [6.07, 6.45) is 1.01. The van der Waals surface area contributed by atoms with Gasteiger partial charge < -0.3 is 0 Å². The molecule has 0 aliphatic heterocycles. The molecular weight excluding hydrogens is 280 g/mol. The summed E-state index contributed by atoms with van der Waals surface area (Å²) in [6.45, 7) is 4.33. The first-order valence-electron chi connectivity index (χ1n) is 7.99. The third kappa shape index (κ3) is 3.09. The molecule has 114 valence electrons. The van der Waals surface area contributed by atoms with Gasteiger partial charge in [0.15, 0.2) is 5.78 Å². The van der Waals surface area contributed by atoms with Gasteiger partial charge in [0, 0.05) is 11.1 Å². The first-order chi connectivity index (χ1) is 11.2. The minimum atomic E-state index is 0.0668. The maximum absolute atomic E-state index is 12.5. The van der Waals surface area contributed by atoms with Gasteiger partial charge in [-0.15, -0.1) is 0 Å². The Hall–Kier alpha value is -2.67. The molecule has 0 N–H and O–H groups in total. The summed E-state index contributed by atoms with van der Waals surface area (Å²) in [7, 11) is 0. The highest BCUT2D eigenvalue weighted by Gasteiger charge is 2.10. The van der Waals surface area contributed by atoms with Crippen LogP contribution in [0.15, 0.2) is 72.8 Å². The Labute approximate surface area is 137 Å². The lowest BCUT2D eigenvalue weighted by Crippen LogP contribution is -2.00. The highest BCUT2D eigenvalue weighted by Crippen LogP contribution is 2.27. The second kappa shape index (κ2) is 6.62.